The molecule has 0 unspecified atom stereocenters. The van der Waals surface area contributed by atoms with Crippen LogP contribution < -0.4 is 11.1 Å². The molecular weight excluding hydrogens is 500 g/mol. The zero-order valence-corrected chi connectivity index (χ0v) is 19.4. The third-order valence-electron chi connectivity index (χ3n) is 5.31. The number of ketones is 2. The largest absolute Gasteiger partial charge is 0.397 e. The topological polar surface area (TPSA) is 190 Å². The molecule has 0 saturated heterocycles. The summed E-state index contributed by atoms with van der Waals surface area (Å²) >= 11 is 0. The minimum Gasteiger partial charge on any atom is -0.397 e. The molecule has 3 aromatic carbocycles. The molecular formula is C22H18N2O9S2. The van der Waals surface area contributed by atoms with E-state index in [1.165, 1.54) is 12.1 Å². The summed E-state index contributed by atoms with van der Waals surface area (Å²) in [5, 5.41) is 2.89. The number of fused-ring (bicyclic) bond motifs is 2. The maximum Gasteiger partial charge on any atom is 0.397 e. The molecule has 0 saturated carbocycles. The maximum atomic E-state index is 13.3. The molecule has 0 heterocycles. The highest BCUT2D eigenvalue weighted by molar-refractivity contribution is 7.86. The second-order valence-electron chi connectivity index (χ2n) is 7.59. The van der Waals surface area contributed by atoms with Gasteiger partial charge in [-0.2, -0.15) is 16.8 Å². The van der Waals surface area contributed by atoms with Crippen LogP contribution >= 0.6 is 0 Å². The zero-order valence-electron chi connectivity index (χ0n) is 17.8. The molecule has 0 atom stereocenters. The average molecular weight is 519 g/mol. The average Bonchev–Trinajstić information content (AvgIpc) is 2.77. The number of nitrogen functional groups attached to an aromatic ring is 1. The second kappa shape index (κ2) is 8.87. The van der Waals surface area contributed by atoms with Crippen molar-refractivity contribution in [3.63, 3.8) is 0 Å². The summed E-state index contributed by atoms with van der Waals surface area (Å²) in [4.78, 5) is 25.8. The monoisotopic (exact) mass is 518 g/mol. The first-order chi connectivity index (χ1) is 16.4. The van der Waals surface area contributed by atoms with Crippen LogP contribution in [0.4, 0.5) is 17.1 Å². The van der Waals surface area contributed by atoms with Gasteiger partial charge in [0, 0.05) is 16.8 Å². The SMILES string of the molecule is Nc1c(S(=O)(=O)O)cc(Nc2cccc(CCOS(=O)(=O)O)c2)c2c1C(=O)c1ccccc1C2=O. The summed E-state index contributed by atoms with van der Waals surface area (Å²) in [5.41, 5.74) is 5.92. The van der Waals surface area contributed by atoms with E-state index in [9.17, 15) is 31.0 Å². The van der Waals surface area contributed by atoms with Crippen molar-refractivity contribution in [3.8, 4) is 0 Å². The quantitative estimate of drug-likeness (QED) is 0.207. The predicted octanol–water partition coefficient (Wildman–Crippen LogP) is 2.40. The molecule has 0 spiro atoms. The molecule has 1 aliphatic carbocycles. The van der Waals surface area contributed by atoms with Gasteiger partial charge in [-0.05, 0) is 30.2 Å². The third-order valence-corrected chi connectivity index (χ3v) is 6.67. The normalized spacial score (nSPS) is 13.3. The van der Waals surface area contributed by atoms with E-state index in [0.29, 0.717) is 11.3 Å². The van der Waals surface area contributed by atoms with Crippen LogP contribution in [0.3, 0.4) is 0 Å². The molecule has 35 heavy (non-hydrogen) atoms. The second-order valence-corrected chi connectivity index (χ2v) is 10.1. The van der Waals surface area contributed by atoms with E-state index in [2.05, 4.69) is 9.50 Å². The van der Waals surface area contributed by atoms with Gasteiger partial charge >= 0.3 is 10.4 Å². The van der Waals surface area contributed by atoms with Gasteiger partial charge in [0.15, 0.2) is 11.6 Å². The first kappa shape index (κ1) is 24.5. The fourth-order valence-corrected chi connectivity index (χ4v) is 4.77. The Balaban J connectivity index is 1.81. The molecule has 0 aromatic heterocycles. The van der Waals surface area contributed by atoms with Crippen LogP contribution in [0.15, 0.2) is 59.5 Å². The Morgan fingerprint density at radius 2 is 1.49 bits per heavy atom. The number of anilines is 3. The number of rotatable bonds is 7. The van der Waals surface area contributed by atoms with Crippen molar-refractivity contribution in [1.29, 1.82) is 0 Å². The van der Waals surface area contributed by atoms with Crippen LogP contribution in [-0.2, 0) is 31.1 Å². The molecule has 0 radical (unpaired) electrons. The molecule has 0 fully saturated rings. The van der Waals surface area contributed by atoms with Crippen LogP contribution in [0, 0.1) is 0 Å². The zero-order chi connectivity index (χ0) is 25.5. The van der Waals surface area contributed by atoms with Crippen molar-refractivity contribution in [3.05, 3.63) is 82.4 Å². The van der Waals surface area contributed by atoms with E-state index in [4.69, 9.17) is 10.3 Å². The van der Waals surface area contributed by atoms with Gasteiger partial charge in [0.05, 0.1) is 29.1 Å². The van der Waals surface area contributed by atoms with E-state index in [1.807, 2.05) is 0 Å². The number of hydrogen-bond donors (Lipinski definition) is 4. The van der Waals surface area contributed by atoms with E-state index >= 15 is 0 Å². The lowest BCUT2D eigenvalue weighted by atomic mass is 9.82. The Morgan fingerprint density at radius 3 is 2.09 bits per heavy atom. The third kappa shape index (κ3) is 4.94. The molecule has 13 heteroatoms. The lowest BCUT2D eigenvalue weighted by Gasteiger charge is -2.23. The Labute approximate surface area is 200 Å². The van der Waals surface area contributed by atoms with Crippen molar-refractivity contribution in [2.24, 2.45) is 0 Å². The summed E-state index contributed by atoms with van der Waals surface area (Å²) in [6.07, 6.45) is 0.0935. The molecule has 0 amide bonds. The van der Waals surface area contributed by atoms with Crippen molar-refractivity contribution < 1.29 is 39.7 Å². The van der Waals surface area contributed by atoms with Gasteiger partial charge < -0.3 is 11.1 Å². The summed E-state index contributed by atoms with van der Waals surface area (Å²) in [6, 6.07) is 13.4. The molecule has 0 aliphatic heterocycles. The predicted molar refractivity (Wildman–Crippen MR) is 125 cm³/mol. The van der Waals surface area contributed by atoms with Gasteiger partial charge in [-0.15, -0.1) is 0 Å². The maximum absolute atomic E-state index is 13.3. The van der Waals surface area contributed by atoms with Crippen molar-refractivity contribution in [1.82, 2.24) is 0 Å². The highest BCUT2D eigenvalue weighted by Crippen LogP contribution is 2.40. The van der Waals surface area contributed by atoms with Gasteiger partial charge in [0.2, 0.25) is 0 Å². The highest BCUT2D eigenvalue weighted by Gasteiger charge is 2.36. The standard InChI is InChI=1S/C22H18N2O9S2/c23-20-17(34(27,28)29)11-16(18-19(20)22(26)15-7-2-1-6-14(15)21(18)25)24-13-5-3-4-12(10-13)8-9-33-35(30,31)32/h1-7,10-11,24H,8-9,23H2,(H,27,28,29)(H,30,31,32). The molecule has 5 N–H and O–H groups in total. The van der Waals surface area contributed by atoms with Crippen LogP contribution in [0.25, 0.3) is 0 Å². The number of carbonyl (C=O) groups is 2. The number of carbonyl (C=O) groups excluding carboxylic acids is 2. The fraction of sp³-hybridized carbons (Fsp3) is 0.0909. The molecule has 0 bridgehead atoms. The van der Waals surface area contributed by atoms with Gasteiger partial charge in [0.25, 0.3) is 10.1 Å². The minimum atomic E-state index is -4.86. The van der Waals surface area contributed by atoms with Crippen LogP contribution in [-0.4, -0.2) is 44.1 Å². The Hall–Kier alpha value is -3.62. The van der Waals surface area contributed by atoms with Gasteiger partial charge in [-0.3, -0.25) is 18.7 Å². The van der Waals surface area contributed by atoms with E-state index in [0.717, 1.165) is 6.07 Å². The number of nitrogens with one attached hydrogen (secondary N) is 1. The van der Waals surface area contributed by atoms with E-state index < -0.39 is 42.7 Å². The van der Waals surface area contributed by atoms with Gasteiger partial charge in [-0.1, -0.05) is 36.4 Å². The summed E-state index contributed by atoms with van der Waals surface area (Å²) in [6.45, 7) is -0.337. The lowest BCUT2D eigenvalue weighted by molar-refractivity contribution is 0.0980. The summed E-state index contributed by atoms with van der Waals surface area (Å²) < 4.78 is 68.2. The van der Waals surface area contributed by atoms with Crippen molar-refractivity contribution in [2.45, 2.75) is 11.3 Å². The first-order valence-corrected chi connectivity index (χ1v) is 12.8. The molecule has 3 aromatic rings. The molecule has 4 rings (SSSR count). The number of nitrogens with two attached hydrogens (primary N) is 1. The Morgan fingerprint density at radius 1 is 0.857 bits per heavy atom. The highest BCUT2D eigenvalue weighted by atomic mass is 32.3. The van der Waals surface area contributed by atoms with Crippen molar-refractivity contribution >= 4 is 49.1 Å². The van der Waals surface area contributed by atoms with E-state index in [-0.39, 0.29) is 41.0 Å². The Kier molecular flexibility index (Phi) is 6.21. The van der Waals surface area contributed by atoms with Gasteiger partial charge in [0.1, 0.15) is 4.90 Å². The fourth-order valence-electron chi connectivity index (χ4n) is 3.83. The van der Waals surface area contributed by atoms with Crippen LogP contribution in [0.1, 0.15) is 37.4 Å². The summed E-state index contributed by atoms with van der Waals surface area (Å²) in [5.74, 6) is -1.23. The minimum absolute atomic E-state index is 0.0518. The molecule has 11 nitrogen and oxygen atoms in total. The molecule has 1 aliphatic rings. The van der Waals surface area contributed by atoms with Crippen LogP contribution in [0.5, 0.6) is 0 Å². The van der Waals surface area contributed by atoms with E-state index in [1.54, 1.807) is 36.4 Å². The lowest BCUT2D eigenvalue weighted by Crippen LogP contribution is -2.25. The van der Waals surface area contributed by atoms with Crippen LogP contribution in [0.2, 0.25) is 0 Å². The number of hydrogen-bond acceptors (Lipinski definition) is 9. The first-order valence-electron chi connectivity index (χ1n) is 9.97. The Bertz CT molecular complexity index is 1600. The smallest absolute Gasteiger partial charge is 0.397 e. The number of benzene rings is 3. The molecule has 182 valence electrons. The van der Waals surface area contributed by atoms with Gasteiger partial charge in [-0.25, -0.2) is 4.18 Å². The van der Waals surface area contributed by atoms with Crippen molar-refractivity contribution in [2.75, 3.05) is 17.7 Å². The summed E-state index contributed by atoms with van der Waals surface area (Å²) in [7, 11) is -9.46.